The van der Waals surface area contributed by atoms with Crippen molar-refractivity contribution >= 4 is 9.84 Å². The molecular weight excluding hydrogens is 282 g/mol. The molecule has 0 aromatic carbocycles. The largest absolute Gasteiger partial charge is 0.370 e. The summed E-state index contributed by atoms with van der Waals surface area (Å²) in [6, 6.07) is -0.158. The lowest BCUT2D eigenvalue weighted by molar-refractivity contribution is 0.0518. The van der Waals surface area contributed by atoms with Crippen molar-refractivity contribution < 1.29 is 17.7 Å². The van der Waals surface area contributed by atoms with E-state index in [0.717, 1.165) is 6.42 Å². The predicted octanol–water partition coefficient (Wildman–Crippen LogP) is 0.486. The van der Waals surface area contributed by atoms with Crippen LogP contribution in [0.4, 0.5) is 0 Å². The van der Waals surface area contributed by atoms with Gasteiger partial charge >= 0.3 is 0 Å². The summed E-state index contributed by atoms with van der Waals surface area (Å²) in [5.74, 6) is 1.30. The molecule has 0 saturated carbocycles. The molecule has 2 rings (SSSR count). The van der Waals surface area contributed by atoms with Gasteiger partial charge in [-0.1, -0.05) is 12.1 Å². The van der Waals surface area contributed by atoms with E-state index in [9.17, 15) is 8.42 Å². The van der Waals surface area contributed by atoms with Gasteiger partial charge < -0.3 is 14.6 Å². The van der Waals surface area contributed by atoms with Gasteiger partial charge in [0.15, 0.2) is 9.84 Å². The summed E-state index contributed by atoms with van der Waals surface area (Å²) in [6.45, 7) is 4.97. The van der Waals surface area contributed by atoms with Crippen LogP contribution in [0.15, 0.2) is 4.52 Å². The lowest BCUT2D eigenvalue weighted by Gasteiger charge is -2.22. The number of hydrogen-bond donors (Lipinski definition) is 1. The maximum absolute atomic E-state index is 11.6. The number of sulfone groups is 1. The number of hydrogen-bond acceptors (Lipinski definition) is 7. The van der Waals surface area contributed by atoms with E-state index in [1.165, 1.54) is 0 Å². The summed E-state index contributed by atoms with van der Waals surface area (Å²) in [6.07, 6.45) is 1.03. The number of aromatic nitrogens is 2. The minimum absolute atomic E-state index is 0.118. The highest BCUT2D eigenvalue weighted by Gasteiger charge is 2.26. The van der Waals surface area contributed by atoms with E-state index in [1.807, 2.05) is 13.8 Å². The second-order valence-electron chi connectivity index (χ2n) is 4.87. The van der Waals surface area contributed by atoms with E-state index in [-0.39, 0.29) is 23.7 Å². The van der Waals surface area contributed by atoms with Gasteiger partial charge in [-0.3, -0.25) is 0 Å². The summed E-state index contributed by atoms with van der Waals surface area (Å²) in [5, 5.41) is 7.08. The Morgan fingerprint density at radius 1 is 1.50 bits per heavy atom. The highest BCUT2D eigenvalue weighted by atomic mass is 32.2. The zero-order valence-corrected chi connectivity index (χ0v) is 12.6. The Kier molecular flexibility index (Phi) is 5.11. The zero-order chi connectivity index (χ0) is 14.6. The van der Waals surface area contributed by atoms with E-state index in [2.05, 4.69) is 15.5 Å². The monoisotopic (exact) mass is 303 g/mol. The summed E-state index contributed by atoms with van der Waals surface area (Å²) < 4.78 is 33.8. The molecular formula is C12H21N3O4S. The third kappa shape index (κ3) is 4.00. The molecule has 2 atom stereocenters. The first-order valence-electron chi connectivity index (χ1n) is 6.92. The van der Waals surface area contributed by atoms with E-state index in [1.54, 1.807) is 0 Å². The Bertz CT molecular complexity index is 529. The fraction of sp³-hybridized carbons (Fsp3) is 0.833. The van der Waals surface area contributed by atoms with Crippen LogP contribution in [0.25, 0.3) is 0 Å². The first-order chi connectivity index (χ1) is 9.54. The Balaban J connectivity index is 1.98. The molecule has 0 spiro atoms. The Morgan fingerprint density at radius 2 is 2.30 bits per heavy atom. The molecule has 20 heavy (non-hydrogen) atoms. The molecule has 1 aromatic heterocycles. The minimum Gasteiger partial charge on any atom is -0.370 e. The van der Waals surface area contributed by atoms with E-state index in [4.69, 9.17) is 9.26 Å². The van der Waals surface area contributed by atoms with Crippen LogP contribution in [-0.4, -0.2) is 49.3 Å². The van der Waals surface area contributed by atoms with Crippen LogP contribution in [0.3, 0.4) is 0 Å². The van der Waals surface area contributed by atoms with Crippen LogP contribution >= 0.6 is 0 Å². The average Bonchev–Trinajstić information content (AvgIpc) is 2.83. The first kappa shape index (κ1) is 15.4. The van der Waals surface area contributed by atoms with Crippen molar-refractivity contribution in [2.45, 2.75) is 38.8 Å². The molecule has 1 aromatic rings. The summed E-state index contributed by atoms with van der Waals surface area (Å²) in [7, 11) is -2.95. The molecule has 1 aliphatic rings. The van der Waals surface area contributed by atoms with Gasteiger partial charge in [0.05, 0.1) is 11.5 Å². The molecule has 1 fully saturated rings. The highest BCUT2D eigenvalue weighted by molar-refractivity contribution is 7.91. The highest BCUT2D eigenvalue weighted by Crippen LogP contribution is 2.18. The van der Waals surface area contributed by atoms with Crippen LogP contribution < -0.4 is 5.32 Å². The fourth-order valence-corrected chi connectivity index (χ4v) is 3.71. The van der Waals surface area contributed by atoms with Crippen molar-refractivity contribution in [3.63, 3.8) is 0 Å². The van der Waals surface area contributed by atoms with Gasteiger partial charge in [-0.2, -0.15) is 4.98 Å². The van der Waals surface area contributed by atoms with Gasteiger partial charge in [-0.15, -0.1) is 0 Å². The maximum atomic E-state index is 11.6. The van der Waals surface area contributed by atoms with E-state index in [0.29, 0.717) is 31.3 Å². The molecule has 2 unspecified atom stereocenters. The number of nitrogens with one attached hydrogen (secondary N) is 1. The van der Waals surface area contributed by atoms with Gasteiger partial charge in [0.25, 0.3) is 0 Å². The molecule has 1 saturated heterocycles. The normalized spacial score (nSPS) is 23.6. The molecule has 0 amide bonds. The van der Waals surface area contributed by atoms with Crippen LogP contribution in [0.5, 0.6) is 0 Å². The van der Waals surface area contributed by atoms with Crippen molar-refractivity contribution in [2.75, 3.05) is 24.7 Å². The molecule has 2 heterocycles. The summed E-state index contributed by atoms with van der Waals surface area (Å²) >= 11 is 0. The molecule has 8 heteroatoms. The van der Waals surface area contributed by atoms with Crippen molar-refractivity contribution in [1.29, 1.82) is 0 Å². The molecule has 1 aliphatic heterocycles. The second kappa shape index (κ2) is 6.64. The Labute approximate surface area is 119 Å². The van der Waals surface area contributed by atoms with Gasteiger partial charge in [0.2, 0.25) is 11.7 Å². The molecule has 0 aliphatic carbocycles. The van der Waals surface area contributed by atoms with E-state index < -0.39 is 9.84 Å². The second-order valence-corrected chi connectivity index (χ2v) is 7.10. The van der Waals surface area contributed by atoms with Gasteiger partial charge in [-0.05, 0) is 13.3 Å². The summed E-state index contributed by atoms with van der Waals surface area (Å²) in [5.41, 5.74) is 0. The van der Waals surface area contributed by atoms with Crippen LogP contribution in [0, 0.1) is 0 Å². The van der Waals surface area contributed by atoms with Crippen LogP contribution in [0.2, 0.25) is 0 Å². The Morgan fingerprint density at radius 3 is 2.95 bits per heavy atom. The molecule has 114 valence electrons. The van der Waals surface area contributed by atoms with Crippen molar-refractivity contribution in [3.05, 3.63) is 11.7 Å². The van der Waals surface area contributed by atoms with Crippen molar-refractivity contribution in [1.82, 2.24) is 15.5 Å². The van der Waals surface area contributed by atoms with Crippen LogP contribution in [0.1, 0.15) is 38.1 Å². The summed E-state index contributed by atoms with van der Waals surface area (Å²) in [4.78, 5) is 4.30. The average molecular weight is 303 g/mol. The molecule has 0 radical (unpaired) electrons. The van der Waals surface area contributed by atoms with Gasteiger partial charge in [0, 0.05) is 25.6 Å². The third-order valence-electron chi connectivity index (χ3n) is 3.23. The maximum Gasteiger partial charge on any atom is 0.228 e. The van der Waals surface area contributed by atoms with Crippen molar-refractivity contribution in [3.8, 4) is 0 Å². The van der Waals surface area contributed by atoms with Gasteiger partial charge in [0.1, 0.15) is 6.10 Å². The lowest BCUT2D eigenvalue weighted by atomic mass is 10.2. The standard InChI is InChI=1S/C12H21N3O4S/c1-3-10(18-4-2)12-14-11(19-15-12)7-9-8-20(16,17)6-5-13-9/h9-10,13H,3-8H2,1-2H3. The van der Waals surface area contributed by atoms with Gasteiger partial charge in [-0.25, -0.2) is 8.42 Å². The quantitative estimate of drug-likeness (QED) is 0.817. The molecule has 0 bridgehead atoms. The van der Waals surface area contributed by atoms with Crippen molar-refractivity contribution in [2.24, 2.45) is 0 Å². The minimum atomic E-state index is -2.95. The number of ether oxygens (including phenoxy) is 1. The molecule has 7 nitrogen and oxygen atoms in total. The number of nitrogens with zero attached hydrogens (tertiary/aromatic N) is 2. The van der Waals surface area contributed by atoms with E-state index >= 15 is 0 Å². The predicted molar refractivity (Wildman–Crippen MR) is 73.1 cm³/mol. The zero-order valence-electron chi connectivity index (χ0n) is 11.8. The smallest absolute Gasteiger partial charge is 0.228 e. The molecule has 1 N–H and O–H groups in total. The topological polar surface area (TPSA) is 94.3 Å². The lowest BCUT2D eigenvalue weighted by Crippen LogP contribution is -2.46. The fourth-order valence-electron chi connectivity index (χ4n) is 2.27. The Hall–Kier alpha value is -0.990. The van der Waals surface area contributed by atoms with Crippen LogP contribution in [-0.2, 0) is 21.0 Å². The first-order valence-corrected chi connectivity index (χ1v) is 8.74. The number of rotatable bonds is 6. The third-order valence-corrected chi connectivity index (χ3v) is 4.97. The SMILES string of the molecule is CCOC(CC)c1noc(CC2CS(=O)(=O)CCN2)n1.